The van der Waals surface area contributed by atoms with Crippen molar-refractivity contribution in [2.24, 2.45) is 0 Å². The average molecular weight is 219 g/mol. The molecule has 0 bridgehead atoms. The van der Waals surface area contributed by atoms with Gasteiger partial charge < -0.3 is 5.32 Å². The summed E-state index contributed by atoms with van der Waals surface area (Å²) in [6.07, 6.45) is 8.54. The fourth-order valence-electron chi connectivity index (χ4n) is 1.93. The molecule has 1 aromatic rings. The van der Waals surface area contributed by atoms with Gasteiger partial charge in [0, 0.05) is 12.6 Å². The third kappa shape index (κ3) is 3.22. The van der Waals surface area contributed by atoms with Gasteiger partial charge in [-0.05, 0) is 38.2 Å². The SMILES string of the molecule is O=c1ccc(NCCC2=CCCCC2)n[nH]1. The van der Waals surface area contributed by atoms with Crippen LogP contribution in [0.2, 0.25) is 0 Å². The summed E-state index contributed by atoms with van der Waals surface area (Å²) in [5.41, 5.74) is 1.38. The van der Waals surface area contributed by atoms with E-state index in [1.165, 1.54) is 31.7 Å². The van der Waals surface area contributed by atoms with E-state index in [0.717, 1.165) is 18.8 Å². The Morgan fingerprint density at radius 2 is 2.31 bits per heavy atom. The van der Waals surface area contributed by atoms with E-state index in [0.29, 0.717) is 0 Å². The van der Waals surface area contributed by atoms with E-state index < -0.39 is 0 Å². The molecule has 1 aliphatic carbocycles. The third-order valence-electron chi connectivity index (χ3n) is 2.82. The fraction of sp³-hybridized carbons (Fsp3) is 0.500. The molecule has 0 saturated heterocycles. The molecule has 0 aromatic carbocycles. The number of rotatable bonds is 4. The molecule has 0 radical (unpaired) electrons. The first-order valence-corrected chi connectivity index (χ1v) is 5.82. The van der Waals surface area contributed by atoms with Crippen molar-refractivity contribution in [3.8, 4) is 0 Å². The zero-order valence-electron chi connectivity index (χ0n) is 9.33. The molecule has 0 aliphatic heterocycles. The van der Waals surface area contributed by atoms with Crippen LogP contribution in [0.5, 0.6) is 0 Å². The summed E-state index contributed by atoms with van der Waals surface area (Å²) in [7, 11) is 0. The van der Waals surface area contributed by atoms with E-state index in [1.54, 1.807) is 11.6 Å². The minimum Gasteiger partial charge on any atom is -0.368 e. The van der Waals surface area contributed by atoms with Gasteiger partial charge in [0.25, 0.3) is 5.56 Å². The topological polar surface area (TPSA) is 57.8 Å². The van der Waals surface area contributed by atoms with Gasteiger partial charge in [0.15, 0.2) is 0 Å². The van der Waals surface area contributed by atoms with Crippen LogP contribution in [-0.4, -0.2) is 16.7 Å². The number of allylic oxidation sites excluding steroid dienone is 1. The lowest BCUT2D eigenvalue weighted by Crippen LogP contribution is -2.10. The Kier molecular flexibility index (Phi) is 3.75. The zero-order chi connectivity index (χ0) is 11.2. The molecule has 86 valence electrons. The van der Waals surface area contributed by atoms with Crippen LogP contribution < -0.4 is 10.9 Å². The maximum atomic E-state index is 10.8. The minimum atomic E-state index is -0.166. The number of anilines is 1. The van der Waals surface area contributed by atoms with Crippen molar-refractivity contribution in [3.05, 3.63) is 34.1 Å². The molecule has 2 N–H and O–H groups in total. The number of nitrogens with one attached hydrogen (secondary N) is 2. The molecule has 0 fully saturated rings. The molecule has 0 spiro atoms. The van der Waals surface area contributed by atoms with E-state index in [-0.39, 0.29) is 5.56 Å². The smallest absolute Gasteiger partial charge is 0.264 e. The molecule has 0 saturated carbocycles. The second-order valence-electron chi connectivity index (χ2n) is 4.09. The Morgan fingerprint density at radius 3 is 3.00 bits per heavy atom. The van der Waals surface area contributed by atoms with Gasteiger partial charge >= 0.3 is 0 Å². The van der Waals surface area contributed by atoms with E-state index in [2.05, 4.69) is 21.6 Å². The predicted molar refractivity (Wildman–Crippen MR) is 64.5 cm³/mol. The Morgan fingerprint density at radius 1 is 1.38 bits per heavy atom. The van der Waals surface area contributed by atoms with Crippen LogP contribution in [0.4, 0.5) is 5.82 Å². The normalized spacial score (nSPS) is 15.6. The Hall–Kier alpha value is -1.58. The zero-order valence-corrected chi connectivity index (χ0v) is 9.33. The number of aromatic amines is 1. The quantitative estimate of drug-likeness (QED) is 0.762. The number of aromatic nitrogens is 2. The first kappa shape index (κ1) is 10.9. The Labute approximate surface area is 94.8 Å². The van der Waals surface area contributed by atoms with Crippen LogP contribution in [-0.2, 0) is 0 Å². The second kappa shape index (κ2) is 5.49. The van der Waals surface area contributed by atoms with Crippen LogP contribution >= 0.6 is 0 Å². The number of hydrogen-bond donors (Lipinski definition) is 2. The molecular weight excluding hydrogens is 202 g/mol. The van der Waals surface area contributed by atoms with E-state index in [9.17, 15) is 4.79 Å². The third-order valence-corrected chi connectivity index (χ3v) is 2.82. The second-order valence-corrected chi connectivity index (χ2v) is 4.09. The van der Waals surface area contributed by atoms with Gasteiger partial charge in [-0.3, -0.25) is 4.79 Å². The van der Waals surface area contributed by atoms with Crippen molar-refractivity contribution in [1.29, 1.82) is 0 Å². The van der Waals surface area contributed by atoms with E-state index in [1.807, 2.05) is 0 Å². The lowest BCUT2D eigenvalue weighted by molar-refractivity contribution is 0.679. The fourth-order valence-corrected chi connectivity index (χ4v) is 1.93. The van der Waals surface area contributed by atoms with Gasteiger partial charge in [0.1, 0.15) is 5.82 Å². The van der Waals surface area contributed by atoms with Crippen LogP contribution in [0.25, 0.3) is 0 Å². The molecule has 16 heavy (non-hydrogen) atoms. The highest BCUT2D eigenvalue weighted by Crippen LogP contribution is 2.19. The van der Waals surface area contributed by atoms with Gasteiger partial charge in [0.05, 0.1) is 0 Å². The average Bonchev–Trinajstić information content (AvgIpc) is 2.33. The molecule has 1 aliphatic rings. The summed E-state index contributed by atoms with van der Waals surface area (Å²) < 4.78 is 0. The molecule has 4 heteroatoms. The summed E-state index contributed by atoms with van der Waals surface area (Å²) in [6.45, 7) is 0.880. The molecule has 1 aromatic heterocycles. The highest BCUT2D eigenvalue weighted by molar-refractivity contribution is 5.31. The molecule has 0 unspecified atom stereocenters. The summed E-state index contributed by atoms with van der Waals surface area (Å²) in [5, 5.41) is 9.50. The summed E-state index contributed by atoms with van der Waals surface area (Å²) in [5.74, 6) is 0.732. The van der Waals surface area contributed by atoms with Crippen LogP contribution in [0.3, 0.4) is 0 Å². The minimum absolute atomic E-state index is 0.166. The van der Waals surface area contributed by atoms with Gasteiger partial charge in [-0.25, -0.2) is 5.10 Å². The van der Waals surface area contributed by atoms with Crippen molar-refractivity contribution in [3.63, 3.8) is 0 Å². The van der Waals surface area contributed by atoms with Gasteiger partial charge in [-0.2, -0.15) is 5.10 Å². The number of H-pyrrole nitrogens is 1. The van der Waals surface area contributed by atoms with Crippen molar-refractivity contribution in [1.82, 2.24) is 10.2 Å². The molecule has 0 amide bonds. The number of nitrogens with zero attached hydrogens (tertiary/aromatic N) is 1. The highest BCUT2D eigenvalue weighted by atomic mass is 16.1. The predicted octanol–water partition coefficient (Wildman–Crippen LogP) is 2.07. The van der Waals surface area contributed by atoms with Crippen LogP contribution in [0.15, 0.2) is 28.6 Å². The first-order chi connectivity index (χ1) is 7.84. The summed E-state index contributed by atoms with van der Waals surface area (Å²) in [4.78, 5) is 10.8. The standard InChI is InChI=1S/C12H17N3O/c16-12-7-6-11(14-15-12)13-9-8-10-4-2-1-3-5-10/h4,6-7H,1-3,5,8-9H2,(H,13,14)(H,15,16). The molecule has 2 rings (SSSR count). The first-order valence-electron chi connectivity index (χ1n) is 5.82. The molecule has 0 atom stereocenters. The highest BCUT2D eigenvalue weighted by Gasteiger charge is 2.03. The van der Waals surface area contributed by atoms with Crippen molar-refractivity contribution in [2.45, 2.75) is 32.1 Å². The van der Waals surface area contributed by atoms with Gasteiger partial charge in [0.2, 0.25) is 0 Å². The van der Waals surface area contributed by atoms with E-state index in [4.69, 9.17) is 0 Å². The van der Waals surface area contributed by atoms with Gasteiger partial charge in [-0.15, -0.1) is 0 Å². The molecule has 4 nitrogen and oxygen atoms in total. The molecule has 1 heterocycles. The van der Waals surface area contributed by atoms with Crippen molar-refractivity contribution in [2.75, 3.05) is 11.9 Å². The van der Waals surface area contributed by atoms with Crippen molar-refractivity contribution >= 4 is 5.82 Å². The number of hydrogen-bond acceptors (Lipinski definition) is 3. The van der Waals surface area contributed by atoms with Gasteiger partial charge in [-0.1, -0.05) is 11.6 Å². The maximum Gasteiger partial charge on any atom is 0.264 e. The molecular formula is C12H17N3O. The maximum absolute atomic E-state index is 10.8. The summed E-state index contributed by atoms with van der Waals surface area (Å²) in [6, 6.07) is 3.18. The van der Waals surface area contributed by atoms with E-state index >= 15 is 0 Å². The Balaban J connectivity index is 1.77. The lowest BCUT2D eigenvalue weighted by Gasteiger charge is -2.12. The van der Waals surface area contributed by atoms with Crippen LogP contribution in [0, 0.1) is 0 Å². The largest absolute Gasteiger partial charge is 0.368 e. The lowest BCUT2D eigenvalue weighted by atomic mass is 9.97. The Bertz CT molecular complexity index is 402. The summed E-state index contributed by atoms with van der Waals surface area (Å²) >= 11 is 0. The van der Waals surface area contributed by atoms with Crippen LogP contribution in [0.1, 0.15) is 32.1 Å². The monoisotopic (exact) mass is 219 g/mol. The van der Waals surface area contributed by atoms with Crippen molar-refractivity contribution < 1.29 is 0 Å².